The van der Waals surface area contributed by atoms with Crippen LogP contribution < -0.4 is 0 Å². The minimum absolute atomic E-state index is 0.706. The Labute approximate surface area is 149 Å². The molecule has 2 heterocycles. The molecule has 3 aromatic carbocycles. The normalized spacial score (nSPS) is 11.6. The molecule has 5 aromatic rings. The number of benzene rings is 3. The van der Waals surface area contributed by atoms with Gasteiger partial charge < -0.3 is 4.57 Å². The Balaban J connectivity index is 1.84. The predicted molar refractivity (Wildman–Crippen MR) is 103 cm³/mol. The van der Waals surface area contributed by atoms with Gasteiger partial charge in [0.1, 0.15) is 5.52 Å². The summed E-state index contributed by atoms with van der Waals surface area (Å²) >= 11 is 6.16. The highest BCUT2D eigenvalue weighted by Crippen LogP contribution is 2.29. The molecule has 0 aliphatic heterocycles. The predicted octanol–water partition coefficient (Wildman–Crippen LogP) is 5.44. The van der Waals surface area contributed by atoms with Crippen LogP contribution in [0, 0.1) is 0 Å². The average molecular weight is 344 g/mol. The molecule has 0 unspecified atom stereocenters. The minimum atomic E-state index is 0.706. The molecular formula is C21H14ClN3. The van der Waals surface area contributed by atoms with Gasteiger partial charge in [0.05, 0.1) is 16.6 Å². The van der Waals surface area contributed by atoms with Gasteiger partial charge in [-0.15, -0.1) is 0 Å². The standard InChI is InChI=1S/C21H14ClN3/c22-15-7-5-6-14(12-15)13-25-19-11-4-1-8-16(19)20-21(25)24-18-10-3-2-9-17(18)23-20/h1-12H,13H2. The Kier molecular flexibility index (Phi) is 3.22. The lowest BCUT2D eigenvalue weighted by Crippen LogP contribution is -2.01. The van der Waals surface area contributed by atoms with Crippen LogP contribution in [0.3, 0.4) is 0 Å². The molecule has 0 radical (unpaired) electrons. The van der Waals surface area contributed by atoms with Gasteiger partial charge in [-0.05, 0) is 35.9 Å². The van der Waals surface area contributed by atoms with E-state index >= 15 is 0 Å². The lowest BCUT2D eigenvalue weighted by atomic mass is 10.2. The van der Waals surface area contributed by atoms with Crippen LogP contribution >= 0.6 is 11.6 Å². The Morgan fingerprint density at radius 2 is 1.56 bits per heavy atom. The number of fused-ring (bicyclic) bond motifs is 4. The van der Waals surface area contributed by atoms with Crippen LogP contribution in [0.25, 0.3) is 33.1 Å². The second kappa shape index (κ2) is 5.57. The van der Waals surface area contributed by atoms with E-state index in [4.69, 9.17) is 21.6 Å². The van der Waals surface area contributed by atoms with Gasteiger partial charge in [0.25, 0.3) is 0 Å². The van der Waals surface area contributed by atoms with Gasteiger partial charge in [0.2, 0.25) is 0 Å². The van der Waals surface area contributed by atoms with Gasteiger partial charge in [0.15, 0.2) is 5.65 Å². The zero-order valence-electron chi connectivity index (χ0n) is 13.4. The molecule has 5 rings (SSSR count). The summed E-state index contributed by atoms with van der Waals surface area (Å²) in [5.74, 6) is 0. The number of aromatic nitrogens is 3. The molecule has 0 amide bonds. The quantitative estimate of drug-likeness (QED) is 0.427. The molecule has 0 N–H and O–H groups in total. The van der Waals surface area contributed by atoms with Gasteiger partial charge in [-0.3, -0.25) is 0 Å². The Bertz CT molecular complexity index is 1240. The lowest BCUT2D eigenvalue weighted by molar-refractivity contribution is 0.857. The highest BCUT2D eigenvalue weighted by molar-refractivity contribution is 6.30. The summed E-state index contributed by atoms with van der Waals surface area (Å²) in [5, 5.41) is 1.87. The zero-order valence-corrected chi connectivity index (χ0v) is 14.1. The fraction of sp³-hybridized carbons (Fsp3) is 0.0476. The molecule has 0 aliphatic rings. The number of hydrogen-bond acceptors (Lipinski definition) is 2. The van der Waals surface area contributed by atoms with E-state index in [2.05, 4.69) is 28.8 Å². The first-order valence-corrected chi connectivity index (χ1v) is 8.55. The van der Waals surface area contributed by atoms with E-state index in [9.17, 15) is 0 Å². The van der Waals surface area contributed by atoms with E-state index in [-0.39, 0.29) is 0 Å². The van der Waals surface area contributed by atoms with Crippen LogP contribution in [0.4, 0.5) is 0 Å². The Morgan fingerprint density at radius 1 is 0.800 bits per heavy atom. The molecule has 0 aliphatic carbocycles. The highest BCUT2D eigenvalue weighted by Gasteiger charge is 2.14. The van der Waals surface area contributed by atoms with Crippen LogP contribution in [-0.2, 0) is 6.54 Å². The Hall–Kier alpha value is -2.91. The van der Waals surface area contributed by atoms with E-state index in [0.29, 0.717) is 6.54 Å². The van der Waals surface area contributed by atoms with Crippen molar-refractivity contribution in [1.29, 1.82) is 0 Å². The van der Waals surface area contributed by atoms with Gasteiger partial charge >= 0.3 is 0 Å². The maximum atomic E-state index is 6.16. The number of halogens is 1. The number of rotatable bonds is 2. The van der Waals surface area contributed by atoms with Crippen molar-refractivity contribution in [3.8, 4) is 0 Å². The van der Waals surface area contributed by atoms with Crippen LogP contribution in [0.15, 0.2) is 72.8 Å². The molecule has 120 valence electrons. The molecule has 0 atom stereocenters. The van der Waals surface area contributed by atoms with Gasteiger partial charge in [-0.2, -0.15) is 0 Å². The summed E-state index contributed by atoms with van der Waals surface area (Å²) in [6, 6.07) is 24.3. The van der Waals surface area contributed by atoms with Crippen LogP contribution in [-0.4, -0.2) is 14.5 Å². The number of nitrogens with zero attached hydrogens (tertiary/aromatic N) is 3. The zero-order chi connectivity index (χ0) is 16.8. The maximum Gasteiger partial charge on any atom is 0.160 e. The SMILES string of the molecule is Clc1cccc(Cn2c3ccccc3c3nc4ccccc4nc32)c1. The number of para-hydroxylation sites is 3. The van der Waals surface area contributed by atoms with E-state index in [0.717, 1.165) is 43.7 Å². The van der Waals surface area contributed by atoms with Crippen molar-refractivity contribution in [3.63, 3.8) is 0 Å². The molecule has 0 saturated carbocycles. The summed E-state index contributed by atoms with van der Waals surface area (Å²) < 4.78 is 2.22. The third-order valence-corrected chi connectivity index (χ3v) is 4.72. The first-order chi connectivity index (χ1) is 12.3. The summed E-state index contributed by atoms with van der Waals surface area (Å²) in [6.07, 6.45) is 0. The molecule has 4 heteroatoms. The Morgan fingerprint density at radius 3 is 2.40 bits per heavy atom. The van der Waals surface area contributed by atoms with E-state index < -0.39 is 0 Å². The smallest absolute Gasteiger partial charge is 0.160 e. The van der Waals surface area contributed by atoms with Crippen molar-refractivity contribution >= 4 is 44.7 Å². The monoisotopic (exact) mass is 343 g/mol. The second-order valence-corrected chi connectivity index (χ2v) is 6.55. The fourth-order valence-electron chi connectivity index (χ4n) is 3.36. The largest absolute Gasteiger partial charge is 0.319 e. The second-order valence-electron chi connectivity index (χ2n) is 6.12. The third kappa shape index (κ3) is 2.36. The fourth-order valence-corrected chi connectivity index (χ4v) is 3.57. The maximum absolute atomic E-state index is 6.16. The molecule has 2 aromatic heterocycles. The van der Waals surface area contributed by atoms with Crippen molar-refractivity contribution < 1.29 is 0 Å². The molecule has 3 nitrogen and oxygen atoms in total. The first-order valence-electron chi connectivity index (χ1n) is 8.18. The van der Waals surface area contributed by atoms with Gasteiger partial charge in [-0.1, -0.05) is 54.1 Å². The molecule has 0 fully saturated rings. The molecule has 0 saturated heterocycles. The van der Waals surface area contributed by atoms with E-state index in [1.807, 2.05) is 48.5 Å². The first kappa shape index (κ1) is 14.4. The topological polar surface area (TPSA) is 30.7 Å². The van der Waals surface area contributed by atoms with E-state index in [1.54, 1.807) is 0 Å². The van der Waals surface area contributed by atoms with Crippen molar-refractivity contribution in [3.05, 3.63) is 83.4 Å². The summed E-state index contributed by atoms with van der Waals surface area (Å²) in [7, 11) is 0. The van der Waals surface area contributed by atoms with Crippen LogP contribution in [0.5, 0.6) is 0 Å². The van der Waals surface area contributed by atoms with Crippen LogP contribution in [0.2, 0.25) is 5.02 Å². The van der Waals surface area contributed by atoms with Crippen molar-refractivity contribution in [1.82, 2.24) is 14.5 Å². The van der Waals surface area contributed by atoms with Crippen molar-refractivity contribution in [2.75, 3.05) is 0 Å². The number of hydrogen-bond donors (Lipinski definition) is 0. The van der Waals surface area contributed by atoms with Crippen LogP contribution in [0.1, 0.15) is 5.56 Å². The lowest BCUT2D eigenvalue weighted by Gasteiger charge is -2.07. The average Bonchev–Trinajstić information content (AvgIpc) is 2.93. The molecular weight excluding hydrogens is 330 g/mol. The minimum Gasteiger partial charge on any atom is -0.319 e. The van der Waals surface area contributed by atoms with Gasteiger partial charge in [-0.25, -0.2) is 9.97 Å². The molecule has 0 spiro atoms. The summed E-state index contributed by atoms with van der Waals surface area (Å²) in [6.45, 7) is 0.706. The van der Waals surface area contributed by atoms with Crippen molar-refractivity contribution in [2.45, 2.75) is 6.54 Å². The third-order valence-electron chi connectivity index (χ3n) is 4.49. The van der Waals surface area contributed by atoms with Crippen molar-refractivity contribution in [2.24, 2.45) is 0 Å². The van der Waals surface area contributed by atoms with Gasteiger partial charge in [0, 0.05) is 17.0 Å². The molecule has 0 bridgehead atoms. The highest BCUT2D eigenvalue weighted by atomic mass is 35.5. The molecule has 25 heavy (non-hydrogen) atoms. The summed E-state index contributed by atoms with van der Waals surface area (Å²) in [5.41, 5.74) is 5.94. The summed E-state index contributed by atoms with van der Waals surface area (Å²) in [4.78, 5) is 9.78. The van der Waals surface area contributed by atoms with E-state index in [1.165, 1.54) is 0 Å².